The summed E-state index contributed by atoms with van der Waals surface area (Å²) in [6.45, 7) is 6.75. The Hall–Kier alpha value is -0.600. The van der Waals surface area contributed by atoms with E-state index in [4.69, 9.17) is 9.26 Å². The molecule has 0 bridgehead atoms. The van der Waals surface area contributed by atoms with Gasteiger partial charge in [0.1, 0.15) is 6.61 Å². The van der Waals surface area contributed by atoms with Crippen molar-refractivity contribution in [2.24, 2.45) is 0 Å². The lowest BCUT2D eigenvalue weighted by Crippen LogP contribution is -2.10. The first kappa shape index (κ1) is 12.5. The first-order valence-corrected chi connectivity index (χ1v) is 7.24. The Balaban J connectivity index is 2.20. The van der Waals surface area contributed by atoms with E-state index in [1.165, 1.54) is 0 Å². The van der Waals surface area contributed by atoms with Gasteiger partial charge in [0.15, 0.2) is 0 Å². The van der Waals surface area contributed by atoms with E-state index in [9.17, 15) is 9.36 Å². The highest BCUT2D eigenvalue weighted by molar-refractivity contribution is 7.58. The van der Waals surface area contributed by atoms with Gasteiger partial charge in [-0.25, -0.2) is 4.79 Å². The summed E-state index contributed by atoms with van der Waals surface area (Å²) in [5.41, 5.74) is 0.351. The molecule has 0 aromatic rings. The number of hydrogen-bond acceptors (Lipinski definition) is 4. The minimum Gasteiger partial charge on any atom is -0.462 e. The SMILES string of the molecule is C=C(C)C(=O)OCCP(C)(=O)OC1CC1. The van der Waals surface area contributed by atoms with Crippen molar-refractivity contribution in [3.63, 3.8) is 0 Å². The molecule has 1 saturated carbocycles. The van der Waals surface area contributed by atoms with Crippen molar-refractivity contribution in [3.05, 3.63) is 12.2 Å². The van der Waals surface area contributed by atoms with Crippen LogP contribution in [0.2, 0.25) is 0 Å². The lowest BCUT2D eigenvalue weighted by molar-refractivity contribution is -0.138. The third kappa shape index (κ3) is 5.14. The molecule has 0 heterocycles. The Morgan fingerprint density at radius 3 is 2.60 bits per heavy atom. The minimum atomic E-state index is -2.58. The zero-order chi connectivity index (χ0) is 11.5. The van der Waals surface area contributed by atoms with Crippen LogP contribution in [0.4, 0.5) is 0 Å². The van der Waals surface area contributed by atoms with Crippen molar-refractivity contribution in [1.29, 1.82) is 0 Å². The maximum atomic E-state index is 11.8. The molecule has 0 saturated heterocycles. The van der Waals surface area contributed by atoms with Gasteiger partial charge in [-0.2, -0.15) is 0 Å². The molecule has 0 aliphatic heterocycles. The highest BCUT2D eigenvalue weighted by Gasteiger charge is 2.30. The van der Waals surface area contributed by atoms with Crippen LogP contribution in [-0.4, -0.2) is 31.5 Å². The van der Waals surface area contributed by atoms with Gasteiger partial charge in [-0.05, 0) is 19.8 Å². The average Bonchev–Trinajstić information content (AvgIpc) is 2.86. The van der Waals surface area contributed by atoms with E-state index in [0.29, 0.717) is 5.57 Å². The van der Waals surface area contributed by atoms with Crippen molar-refractivity contribution in [3.8, 4) is 0 Å². The van der Waals surface area contributed by atoms with Gasteiger partial charge in [-0.3, -0.25) is 4.57 Å². The van der Waals surface area contributed by atoms with Crippen molar-refractivity contribution >= 4 is 13.3 Å². The normalized spacial score (nSPS) is 19.3. The fourth-order valence-corrected chi connectivity index (χ4v) is 2.34. The second kappa shape index (κ2) is 4.95. The highest BCUT2D eigenvalue weighted by atomic mass is 31.2. The predicted molar refractivity (Wildman–Crippen MR) is 58.3 cm³/mol. The summed E-state index contributed by atoms with van der Waals surface area (Å²) in [5.74, 6) is -0.443. The summed E-state index contributed by atoms with van der Waals surface area (Å²) in [6, 6.07) is 0. The Labute approximate surface area is 90.1 Å². The average molecular weight is 232 g/mol. The first-order chi connectivity index (χ1) is 6.91. The summed E-state index contributed by atoms with van der Waals surface area (Å²) in [7, 11) is -2.58. The zero-order valence-corrected chi connectivity index (χ0v) is 10.1. The second-order valence-corrected chi connectivity index (χ2v) is 6.64. The quantitative estimate of drug-likeness (QED) is 0.400. The van der Waals surface area contributed by atoms with Crippen LogP contribution in [0.25, 0.3) is 0 Å². The maximum absolute atomic E-state index is 11.8. The van der Waals surface area contributed by atoms with Crippen LogP contribution < -0.4 is 0 Å². The molecular formula is C10H17O4P. The van der Waals surface area contributed by atoms with Gasteiger partial charge >= 0.3 is 5.97 Å². The molecule has 1 unspecified atom stereocenters. The summed E-state index contributed by atoms with van der Waals surface area (Å²) in [6.07, 6.45) is 2.42. The number of ether oxygens (including phenoxy) is 1. The molecule has 4 nitrogen and oxygen atoms in total. The van der Waals surface area contributed by atoms with Crippen LogP contribution in [0.5, 0.6) is 0 Å². The Morgan fingerprint density at radius 2 is 2.13 bits per heavy atom. The molecule has 0 radical (unpaired) electrons. The molecule has 86 valence electrons. The van der Waals surface area contributed by atoms with Gasteiger partial charge in [-0.15, -0.1) is 0 Å². The van der Waals surface area contributed by atoms with E-state index < -0.39 is 13.3 Å². The topological polar surface area (TPSA) is 52.6 Å². The molecule has 0 N–H and O–H groups in total. The van der Waals surface area contributed by atoms with E-state index in [1.807, 2.05) is 0 Å². The van der Waals surface area contributed by atoms with Crippen LogP contribution in [0, 0.1) is 0 Å². The standard InChI is InChI=1S/C10H17O4P/c1-8(2)10(11)13-6-7-15(3,12)14-9-4-5-9/h9H,1,4-7H2,2-3H3. The third-order valence-electron chi connectivity index (χ3n) is 1.98. The molecule has 0 aromatic carbocycles. The fourth-order valence-electron chi connectivity index (χ4n) is 0.969. The summed E-state index contributed by atoms with van der Waals surface area (Å²) in [5, 5.41) is 0. The summed E-state index contributed by atoms with van der Waals surface area (Å²) in [4.78, 5) is 11.0. The van der Waals surface area contributed by atoms with Crippen LogP contribution in [0.1, 0.15) is 19.8 Å². The van der Waals surface area contributed by atoms with E-state index in [1.54, 1.807) is 13.6 Å². The Morgan fingerprint density at radius 1 is 1.53 bits per heavy atom. The van der Waals surface area contributed by atoms with Crippen LogP contribution in [-0.2, 0) is 18.6 Å². The van der Waals surface area contributed by atoms with Gasteiger partial charge in [0.05, 0.1) is 12.3 Å². The number of carbonyl (C=O) groups excluding carboxylic acids is 1. The minimum absolute atomic E-state index is 0.131. The van der Waals surface area contributed by atoms with Crippen molar-refractivity contribution in [2.75, 3.05) is 19.4 Å². The first-order valence-electron chi connectivity index (χ1n) is 4.98. The van der Waals surface area contributed by atoms with Crippen molar-refractivity contribution < 1.29 is 18.6 Å². The van der Waals surface area contributed by atoms with E-state index in [0.717, 1.165) is 12.8 Å². The largest absolute Gasteiger partial charge is 0.462 e. The second-order valence-electron chi connectivity index (χ2n) is 3.96. The van der Waals surface area contributed by atoms with E-state index >= 15 is 0 Å². The maximum Gasteiger partial charge on any atom is 0.333 e. The van der Waals surface area contributed by atoms with Gasteiger partial charge in [-0.1, -0.05) is 6.58 Å². The third-order valence-corrected chi connectivity index (χ3v) is 3.71. The molecule has 1 rings (SSSR count). The van der Waals surface area contributed by atoms with Gasteiger partial charge < -0.3 is 9.26 Å². The van der Waals surface area contributed by atoms with Crippen LogP contribution in [0.3, 0.4) is 0 Å². The highest BCUT2D eigenvalue weighted by Crippen LogP contribution is 2.48. The van der Waals surface area contributed by atoms with E-state index in [2.05, 4.69) is 6.58 Å². The molecule has 1 aliphatic carbocycles. The summed E-state index contributed by atoms with van der Waals surface area (Å²) < 4.78 is 22.0. The lowest BCUT2D eigenvalue weighted by atomic mass is 10.4. The Kier molecular flexibility index (Phi) is 4.12. The predicted octanol–water partition coefficient (Wildman–Crippen LogP) is 2.19. The molecule has 0 amide bonds. The molecule has 15 heavy (non-hydrogen) atoms. The summed E-state index contributed by atoms with van der Waals surface area (Å²) >= 11 is 0. The van der Waals surface area contributed by atoms with Crippen LogP contribution in [0.15, 0.2) is 12.2 Å². The number of hydrogen-bond donors (Lipinski definition) is 0. The van der Waals surface area contributed by atoms with Gasteiger partial charge in [0, 0.05) is 12.2 Å². The number of carbonyl (C=O) groups is 1. The molecule has 0 spiro atoms. The molecule has 1 aliphatic rings. The van der Waals surface area contributed by atoms with Gasteiger partial charge in [0.25, 0.3) is 0 Å². The molecular weight excluding hydrogens is 215 g/mol. The molecule has 1 atom stereocenters. The van der Waals surface area contributed by atoms with E-state index in [-0.39, 0.29) is 18.9 Å². The van der Waals surface area contributed by atoms with Crippen molar-refractivity contribution in [1.82, 2.24) is 0 Å². The van der Waals surface area contributed by atoms with Crippen LogP contribution >= 0.6 is 7.37 Å². The Bertz CT molecular complexity index is 307. The zero-order valence-electron chi connectivity index (χ0n) is 9.19. The number of esters is 1. The van der Waals surface area contributed by atoms with Gasteiger partial charge in [0.2, 0.25) is 7.37 Å². The fraction of sp³-hybridized carbons (Fsp3) is 0.700. The number of rotatable bonds is 6. The van der Waals surface area contributed by atoms with Crippen molar-refractivity contribution in [2.45, 2.75) is 25.9 Å². The molecule has 0 aromatic heterocycles. The lowest BCUT2D eigenvalue weighted by Gasteiger charge is -2.13. The smallest absolute Gasteiger partial charge is 0.333 e. The molecule has 1 fully saturated rings. The monoisotopic (exact) mass is 232 g/mol. The molecule has 5 heteroatoms.